The number of fused-ring (bicyclic) bond motifs is 1. The summed E-state index contributed by atoms with van der Waals surface area (Å²) in [6, 6.07) is 15.4. The van der Waals surface area contributed by atoms with Crippen LogP contribution in [0.3, 0.4) is 0 Å². The van der Waals surface area contributed by atoms with Crippen LogP contribution in [0, 0.1) is 0 Å². The Bertz CT molecular complexity index is 809. The molecule has 130 valence electrons. The summed E-state index contributed by atoms with van der Waals surface area (Å²) in [4.78, 5) is 18.9. The van der Waals surface area contributed by atoms with Gasteiger partial charge in [-0.05, 0) is 42.8 Å². The summed E-state index contributed by atoms with van der Waals surface area (Å²) in [6.45, 7) is 3.35. The van der Waals surface area contributed by atoms with Gasteiger partial charge in [0.15, 0.2) is 0 Å². The number of nitrogens with zero attached hydrogens (tertiary/aromatic N) is 2. The van der Waals surface area contributed by atoms with Crippen molar-refractivity contribution in [2.24, 2.45) is 0 Å². The first kappa shape index (κ1) is 17.4. The van der Waals surface area contributed by atoms with Crippen molar-refractivity contribution in [3.63, 3.8) is 0 Å². The minimum atomic E-state index is -0.0145. The van der Waals surface area contributed by atoms with Crippen molar-refractivity contribution in [1.29, 1.82) is 0 Å². The number of carbonyl (C=O) groups is 1. The third-order valence-corrected chi connectivity index (χ3v) is 4.95. The summed E-state index contributed by atoms with van der Waals surface area (Å²) in [5.41, 5.74) is 1.64. The standard InChI is InChI=1S/C20H22N2O2S/c1-3-4-13-24-16-11-9-15(10-12-16)20(23)22(2)14-19-21-17-7-5-6-8-18(17)25-19/h5-12H,3-4,13-14H2,1-2H3. The van der Waals surface area contributed by atoms with Gasteiger partial charge in [0.1, 0.15) is 10.8 Å². The molecular weight excluding hydrogens is 332 g/mol. The molecule has 0 saturated carbocycles. The third-order valence-electron chi connectivity index (χ3n) is 3.93. The van der Waals surface area contributed by atoms with Crippen LogP contribution in [0.1, 0.15) is 35.1 Å². The van der Waals surface area contributed by atoms with Gasteiger partial charge < -0.3 is 9.64 Å². The maximum Gasteiger partial charge on any atom is 0.253 e. The summed E-state index contributed by atoms with van der Waals surface area (Å²) in [5, 5.41) is 0.941. The van der Waals surface area contributed by atoms with Gasteiger partial charge in [-0.3, -0.25) is 4.79 Å². The Balaban J connectivity index is 1.63. The zero-order valence-electron chi connectivity index (χ0n) is 14.6. The van der Waals surface area contributed by atoms with Crippen LogP contribution in [0.5, 0.6) is 5.75 Å². The Morgan fingerprint density at radius 1 is 1.16 bits per heavy atom. The van der Waals surface area contributed by atoms with Crippen LogP contribution in [0.4, 0.5) is 0 Å². The van der Waals surface area contributed by atoms with Crippen LogP contribution in [0.15, 0.2) is 48.5 Å². The molecule has 4 nitrogen and oxygen atoms in total. The molecule has 0 saturated heterocycles. The van der Waals surface area contributed by atoms with Crippen LogP contribution >= 0.6 is 11.3 Å². The fourth-order valence-electron chi connectivity index (χ4n) is 2.51. The van der Waals surface area contributed by atoms with E-state index in [1.54, 1.807) is 23.3 Å². The van der Waals surface area contributed by atoms with Gasteiger partial charge in [0.2, 0.25) is 0 Å². The molecule has 0 radical (unpaired) electrons. The molecule has 3 aromatic rings. The van der Waals surface area contributed by atoms with Gasteiger partial charge in [-0.2, -0.15) is 0 Å². The van der Waals surface area contributed by atoms with Gasteiger partial charge in [-0.1, -0.05) is 25.5 Å². The molecule has 0 unspecified atom stereocenters. The van der Waals surface area contributed by atoms with Crippen LogP contribution in [-0.2, 0) is 6.54 Å². The summed E-state index contributed by atoms with van der Waals surface area (Å²) < 4.78 is 6.78. The smallest absolute Gasteiger partial charge is 0.253 e. The highest BCUT2D eigenvalue weighted by atomic mass is 32.1. The minimum absolute atomic E-state index is 0.0145. The highest BCUT2D eigenvalue weighted by Crippen LogP contribution is 2.23. The second kappa shape index (κ2) is 8.12. The van der Waals surface area contributed by atoms with Crippen molar-refractivity contribution in [3.8, 4) is 5.75 Å². The lowest BCUT2D eigenvalue weighted by molar-refractivity contribution is 0.0785. The molecule has 0 aliphatic rings. The van der Waals surface area contributed by atoms with Gasteiger partial charge in [-0.25, -0.2) is 4.98 Å². The number of unbranched alkanes of at least 4 members (excludes halogenated alkanes) is 1. The van der Waals surface area contributed by atoms with E-state index in [4.69, 9.17) is 4.74 Å². The SMILES string of the molecule is CCCCOc1ccc(C(=O)N(C)Cc2nc3ccccc3s2)cc1. The molecule has 1 aromatic heterocycles. The number of rotatable bonds is 7. The first-order valence-corrected chi connectivity index (χ1v) is 9.32. The van der Waals surface area contributed by atoms with E-state index >= 15 is 0 Å². The lowest BCUT2D eigenvalue weighted by atomic mass is 10.2. The molecule has 0 spiro atoms. The first-order valence-electron chi connectivity index (χ1n) is 8.50. The van der Waals surface area contributed by atoms with E-state index in [1.165, 1.54) is 0 Å². The zero-order chi connectivity index (χ0) is 17.6. The van der Waals surface area contributed by atoms with Gasteiger partial charge in [0, 0.05) is 12.6 Å². The number of para-hydroxylation sites is 1. The normalized spacial score (nSPS) is 10.8. The van der Waals surface area contributed by atoms with Crippen LogP contribution in [0.2, 0.25) is 0 Å². The summed E-state index contributed by atoms with van der Waals surface area (Å²) in [7, 11) is 1.81. The molecular formula is C20H22N2O2S. The number of thiazole rings is 1. The Labute approximate surface area is 152 Å². The van der Waals surface area contributed by atoms with Crippen molar-refractivity contribution < 1.29 is 9.53 Å². The first-order chi connectivity index (χ1) is 12.2. The van der Waals surface area contributed by atoms with E-state index in [2.05, 4.69) is 18.0 Å². The molecule has 25 heavy (non-hydrogen) atoms. The molecule has 3 rings (SSSR count). The third kappa shape index (κ3) is 4.37. The molecule has 0 aliphatic heterocycles. The Kier molecular flexibility index (Phi) is 5.66. The molecule has 0 atom stereocenters. The lowest BCUT2D eigenvalue weighted by Gasteiger charge is -2.16. The quantitative estimate of drug-likeness (QED) is 0.575. The number of benzene rings is 2. The zero-order valence-corrected chi connectivity index (χ0v) is 15.4. The molecule has 0 N–H and O–H groups in total. The number of carbonyl (C=O) groups excluding carboxylic acids is 1. The van der Waals surface area contributed by atoms with E-state index in [-0.39, 0.29) is 5.91 Å². The molecule has 0 aliphatic carbocycles. The Morgan fingerprint density at radius 2 is 1.92 bits per heavy atom. The molecule has 2 aromatic carbocycles. The number of hydrogen-bond acceptors (Lipinski definition) is 4. The lowest BCUT2D eigenvalue weighted by Crippen LogP contribution is -2.26. The number of amides is 1. The van der Waals surface area contributed by atoms with Crippen LogP contribution in [0.25, 0.3) is 10.2 Å². The van der Waals surface area contributed by atoms with Gasteiger partial charge in [0.25, 0.3) is 5.91 Å². The summed E-state index contributed by atoms with van der Waals surface area (Å²) in [6.07, 6.45) is 2.14. The number of ether oxygens (including phenoxy) is 1. The van der Waals surface area contributed by atoms with Crippen molar-refractivity contribution in [2.75, 3.05) is 13.7 Å². The van der Waals surface area contributed by atoms with E-state index in [0.29, 0.717) is 18.7 Å². The minimum Gasteiger partial charge on any atom is -0.494 e. The average Bonchev–Trinajstić information content (AvgIpc) is 3.04. The number of aromatic nitrogens is 1. The van der Waals surface area contributed by atoms with E-state index in [9.17, 15) is 4.79 Å². The maximum atomic E-state index is 12.6. The summed E-state index contributed by atoms with van der Waals surface area (Å²) >= 11 is 1.63. The van der Waals surface area contributed by atoms with Gasteiger partial charge in [-0.15, -0.1) is 11.3 Å². The highest BCUT2D eigenvalue weighted by Gasteiger charge is 2.14. The molecule has 0 bridgehead atoms. The molecule has 1 heterocycles. The van der Waals surface area contributed by atoms with E-state index < -0.39 is 0 Å². The van der Waals surface area contributed by atoms with Crippen LogP contribution < -0.4 is 4.74 Å². The summed E-state index contributed by atoms with van der Waals surface area (Å²) in [5.74, 6) is 0.790. The molecule has 1 amide bonds. The Hall–Kier alpha value is -2.40. The number of hydrogen-bond donors (Lipinski definition) is 0. The largest absolute Gasteiger partial charge is 0.494 e. The topological polar surface area (TPSA) is 42.4 Å². The van der Waals surface area contributed by atoms with Crippen molar-refractivity contribution in [3.05, 3.63) is 59.1 Å². The highest BCUT2D eigenvalue weighted by molar-refractivity contribution is 7.18. The second-order valence-electron chi connectivity index (χ2n) is 5.96. The van der Waals surface area contributed by atoms with Crippen molar-refractivity contribution >= 4 is 27.5 Å². The molecule has 5 heteroatoms. The van der Waals surface area contributed by atoms with E-state index in [0.717, 1.165) is 33.8 Å². The van der Waals surface area contributed by atoms with E-state index in [1.807, 2.05) is 42.5 Å². The fourth-order valence-corrected chi connectivity index (χ4v) is 3.53. The average molecular weight is 354 g/mol. The van der Waals surface area contributed by atoms with Gasteiger partial charge in [0.05, 0.1) is 23.4 Å². The van der Waals surface area contributed by atoms with Crippen molar-refractivity contribution in [1.82, 2.24) is 9.88 Å². The molecule has 0 fully saturated rings. The fraction of sp³-hybridized carbons (Fsp3) is 0.300. The Morgan fingerprint density at radius 3 is 2.64 bits per heavy atom. The van der Waals surface area contributed by atoms with Gasteiger partial charge >= 0.3 is 0 Å². The second-order valence-corrected chi connectivity index (χ2v) is 7.08. The maximum absolute atomic E-state index is 12.6. The van der Waals surface area contributed by atoms with Crippen LogP contribution in [-0.4, -0.2) is 29.4 Å². The predicted octanol–water partition coefficient (Wildman–Crippen LogP) is 4.75. The predicted molar refractivity (Wildman–Crippen MR) is 102 cm³/mol. The van der Waals surface area contributed by atoms with Crippen molar-refractivity contribution in [2.45, 2.75) is 26.3 Å². The monoisotopic (exact) mass is 354 g/mol.